The van der Waals surface area contributed by atoms with E-state index < -0.39 is 5.97 Å². The molecule has 0 aromatic heterocycles. The van der Waals surface area contributed by atoms with Crippen molar-refractivity contribution in [1.82, 2.24) is 0 Å². The minimum atomic E-state index is -0.412. The summed E-state index contributed by atoms with van der Waals surface area (Å²) >= 11 is 0. The second-order valence-corrected chi connectivity index (χ2v) is 11.0. The molecule has 216 valence electrons. The van der Waals surface area contributed by atoms with E-state index in [1.54, 1.807) is 24.3 Å². The van der Waals surface area contributed by atoms with Gasteiger partial charge in [-0.1, -0.05) is 50.8 Å². The Morgan fingerprint density at radius 1 is 1.00 bits per heavy atom. The molecule has 0 spiro atoms. The fraction of sp³-hybridized carbons (Fsp3) is 0.471. The van der Waals surface area contributed by atoms with Crippen LogP contribution in [0.5, 0.6) is 5.75 Å². The number of benzene rings is 2. The fourth-order valence-corrected chi connectivity index (χ4v) is 5.38. The quantitative estimate of drug-likeness (QED) is 0.0589. The van der Waals surface area contributed by atoms with Gasteiger partial charge in [-0.2, -0.15) is 0 Å². The van der Waals surface area contributed by atoms with Gasteiger partial charge in [0.05, 0.1) is 12.5 Å². The summed E-state index contributed by atoms with van der Waals surface area (Å²) in [6, 6.07) is 12.7. The SMILES string of the molecule is C=CCCCCC1CCC(C(=O)Oc2ccc(C=CC(=O)OCC(CCCC)c3cc(N)cc(N)c3)cc2)CC1. The smallest absolute Gasteiger partial charge is 0.330 e. The molecule has 1 saturated carbocycles. The van der Waals surface area contributed by atoms with E-state index in [-0.39, 0.29) is 24.4 Å². The van der Waals surface area contributed by atoms with Crippen LogP contribution in [0.1, 0.15) is 94.6 Å². The number of nitrogens with two attached hydrogens (primary N) is 2. The monoisotopic (exact) mass is 546 g/mol. The number of allylic oxidation sites excluding steroid dienone is 1. The van der Waals surface area contributed by atoms with Gasteiger partial charge in [0.2, 0.25) is 0 Å². The van der Waals surface area contributed by atoms with Crippen molar-refractivity contribution < 1.29 is 19.1 Å². The molecule has 1 atom stereocenters. The van der Waals surface area contributed by atoms with Gasteiger partial charge < -0.3 is 20.9 Å². The molecule has 3 rings (SSSR count). The van der Waals surface area contributed by atoms with E-state index in [0.29, 0.717) is 17.1 Å². The zero-order valence-electron chi connectivity index (χ0n) is 24.0. The molecule has 1 aliphatic rings. The molecular weight excluding hydrogens is 500 g/mol. The van der Waals surface area contributed by atoms with Crippen molar-refractivity contribution in [2.24, 2.45) is 11.8 Å². The van der Waals surface area contributed by atoms with Crippen molar-refractivity contribution in [3.05, 3.63) is 72.3 Å². The van der Waals surface area contributed by atoms with Crippen LogP contribution in [0.25, 0.3) is 6.08 Å². The second kappa shape index (κ2) is 16.5. The molecule has 1 aliphatic carbocycles. The van der Waals surface area contributed by atoms with Crippen molar-refractivity contribution in [3.63, 3.8) is 0 Å². The number of anilines is 2. The highest BCUT2D eigenvalue weighted by Crippen LogP contribution is 2.33. The van der Waals surface area contributed by atoms with Crippen molar-refractivity contribution >= 4 is 29.4 Å². The lowest BCUT2D eigenvalue weighted by Gasteiger charge is -2.27. The van der Waals surface area contributed by atoms with Crippen molar-refractivity contribution in [3.8, 4) is 5.75 Å². The number of hydrogen-bond acceptors (Lipinski definition) is 6. The summed E-state index contributed by atoms with van der Waals surface area (Å²) in [5.74, 6) is 0.709. The molecule has 40 heavy (non-hydrogen) atoms. The highest BCUT2D eigenvalue weighted by Gasteiger charge is 2.27. The van der Waals surface area contributed by atoms with Gasteiger partial charge in [0.25, 0.3) is 0 Å². The molecule has 0 radical (unpaired) electrons. The van der Waals surface area contributed by atoms with E-state index >= 15 is 0 Å². The van der Waals surface area contributed by atoms with E-state index in [1.165, 1.54) is 25.3 Å². The number of unbranched alkanes of at least 4 members (excludes halogenated alkanes) is 3. The fourth-order valence-electron chi connectivity index (χ4n) is 5.38. The largest absolute Gasteiger partial charge is 0.462 e. The minimum absolute atomic E-state index is 0.0244. The maximum absolute atomic E-state index is 12.7. The maximum atomic E-state index is 12.7. The van der Waals surface area contributed by atoms with Gasteiger partial charge in [0, 0.05) is 23.4 Å². The number of esters is 2. The number of carbonyl (C=O) groups is 2. The van der Waals surface area contributed by atoms with Crippen molar-refractivity contribution in [1.29, 1.82) is 0 Å². The minimum Gasteiger partial charge on any atom is -0.462 e. The Kier molecular flexibility index (Phi) is 12.8. The van der Waals surface area contributed by atoms with Gasteiger partial charge in [-0.15, -0.1) is 6.58 Å². The van der Waals surface area contributed by atoms with Crippen molar-refractivity contribution in [2.45, 2.75) is 83.5 Å². The van der Waals surface area contributed by atoms with Crippen LogP contribution in [0.3, 0.4) is 0 Å². The van der Waals surface area contributed by atoms with Gasteiger partial charge in [-0.25, -0.2) is 4.79 Å². The van der Waals surface area contributed by atoms with Gasteiger partial charge in [-0.3, -0.25) is 4.79 Å². The Balaban J connectivity index is 1.44. The van der Waals surface area contributed by atoms with E-state index in [1.807, 2.05) is 30.3 Å². The Morgan fingerprint density at radius 3 is 2.35 bits per heavy atom. The van der Waals surface area contributed by atoms with Crippen LogP contribution in [0.15, 0.2) is 61.2 Å². The Hall–Kier alpha value is -3.54. The summed E-state index contributed by atoms with van der Waals surface area (Å²) < 4.78 is 11.2. The lowest BCUT2D eigenvalue weighted by molar-refractivity contribution is -0.140. The number of ether oxygens (including phenoxy) is 2. The molecule has 4 N–H and O–H groups in total. The van der Waals surface area contributed by atoms with E-state index in [9.17, 15) is 9.59 Å². The zero-order chi connectivity index (χ0) is 28.7. The molecule has 1 fully saturated rings. The van der Waals surface area contributed by atoms with Gasteiger partial charge in [-0.05, 0) is 98.4 Å². The van der Waals surface area contributed by atoms with Gasteiger partial charge in [0.15, 0.2) is 0 Å². The first-order valence-corrected chi connectivity index (χ1v) is 14.8. The number of carbonyl (C=O) groups excluding carboxylic acids is 2. The third-order valence-electron chi connectivity index (χ3n) is 7.77. The highest BCUT2D eigenvalue weighted by atomic mass is 16.5. The predicted molar refractivity (Wildman–Crippen MR) is 164 cm³/mol. The van der Waals surface area contributed by atoms with Crippen molar-refractivity contribution in [2.75, 3.05) is 18.1 Å². The van der Waals surface area contributed by atoms with E-state index in [0.717, 1.165) is 68.4 Å². The molecule has 0 heterocycles. The molecule has 1 unspecified atom stereocenters. The number of nitrogen functional groups attached to an aromatic ring is 2. The molecule has 6 nitrogen and oxygen atoms in total. The summed E-state index contributed by atoms with van der Waals surface area (Å²) in [6.07, 6.45) is 16.8. The Bertz CT molecular complexity index is 1100. The molecule has 2 aromatic rings. The summed E-state index contributed by atoms with van der Waals surface area (Å²) in [4.78, 5) is 25.1. The van der Waals surface area contributed by atoms with Crippen LogP contribution in [0, 0.1) is 11.8 Å². The second-order valence-electron chi connectivity index (χ2n) is 11.0. The van der Waals surface area contributed by atoms with Crippen LogP contribution in [0.2, 0.25) is 0 Å². The molecule has 0 amide bonds. The van der Waals surface area contributed by atoms with Crippen LogP contribution in [0.4, 0.5) is 11.4 Å². The van der Waals surface area contributed by atoms with Crippen LogP contribution < -0.4 is 16.2 Å². The van der Waals surface area contributed by atoms with Gasteiger partial charge in [0.1, 0.15) is 5.75 Å². The lowest BCUT2D eigenvalue weighted by Crippen LogP contribution is -2.25. The average molecular weight is 547 g/mol. The first-order valence-electron chi connectivity index (χ1n) is 14.8. The summed E-state index contributed by atoms with van der Waals surface area (Å²) in [6.45, 7) is 6.17. The summed E-state index contributed by atoms with van der Waals surface area (Å²) in [7, 11) is 0. The number of hydrogen-bond donors (Lipinski definition) is 2. The third-order valence-corrected chi connectivity index (χ3v) is 7.77. The molecule has 2 aromatic carbocycles. The average Bonchev–Trinajstić information content (AvgIpc) is 2.95. The first kappa shape index (κ1) is 31.0. The highest BCUT2D eigenvalue weighted by molar-refractivity contribution is 5.87. The molecule has 0 saturated heterocycles. The van der Waals surface area contributed by atoms with Crippen LogP contribution in [-0.4, -0.2) is 18.5 Å². The lowest BCUT2D eigenvalue weighted by atomic mass is 9.80. The molecule has 0 bridgehead atoms. The Labute approximate surface area is 239 Å². The molecule has 0 aliphatic heterocycles. The standard InChI is InChI=1S/C34H46N2O4/c1-3-5-7-8-9-25-11-16-27(17-12-25)34(38)40-32-18-13-26(14-19-32)15-20-33(37)39-24-28(10-6-4-2)29-21-30(35)23-31(36)22-29/h3,13-15,18-23,25,27-28H,1,4-12,16-17,24,35-36H2,2H3. The molecular formula is C34H46N2O4. The molecule has 6 heteroatoms. The predicted octanol–water partition coefficient (Wildman–Crippen LogP) is 7.84. The van der Waals surface area contributed by atoms with E-state index in [4.69, 9.17) is 20.9 Å². The van der Waals surface area contributed by atoms with Crippen LogP contribution in [-0.2, 0) is 14.3 Å². The van der Waals surface area contributed by atoms with E-state index in [2.05, 4.69) is 13.5 Å². The number of rotatable bonds is 15. The normalized spacial score (nSPS) is 17.8. The van der Waals surface area contributed by atoms with Gasteiger partial charge >= 0.3 is 11.9 Å². The van der Waals surface area contributed by atoms with Crippen LogP contribution >= 0.6 is 0 Å². The Morgan fingerprint density at radius 2 is 1.70 bits per heavy atom. The topological polar surface area (TPSA) is 105 Å². The third kappa shape index (κ3) is 10.6. The maximum Gasteiger partial charge on any atom is 0.330 e. The first-order chi connectivity index (χ1) is 19.4. The summed E-state index contributed by atoms with van der Waals surface area (Å²) in [5.41, 5.74) is 15.0. The summed E-state index contributed by atoms with van der Waals surface area (Å²) in [5, 5.41) is 0. The zero-order valence-corrected chi connectivity index (χ0v) is 24.0.